The highest BCUT2D eigenvalue weighted by Gasteiger charge is 2.32. The van der Waals surface area contributed by atoms with Crippen molar-refractivity contribution >= 4 is 11.9 Å². The summed E-state index contributed by atoms with van der Waals surface area (Å²) in [7, 11) is 0. The molecule has 0 aromatic carbocycles. The lowest BCUT2D eigenvalue weighted by Crippen LogP contribution is -2.29. The predicted octanol–water partition coefficient (Wildman–Crippen LogP) is 3.71. The van der Waals surface area contributed by atoms with E-state index in [1.165, 1.54) is 25.3 Å². The highest BCUT2D eigenvalue weighted by atomic mass is 16.4. The summed E-state index contributed by atoms with van der Waals surface area (Å²) in [4.78, 5) is 22.3. The first-order valence-corrected chi connectivity index (χ1v) is 7.11. The average molecular weight is 270 g/mol. The van der Waals surface area contributed by atoms with Crippen LogP contribution in [0.25, 0.3) is 0 Å². The summed E-state index contributed by atoms with van der Waals surface area (Å²) in [5.41, 5.74) is 0. The summed E-state index contributed by atoms with van der Waals surface area (Å²) in [6.07, 6.45) is 8.54. The van der Waals surface area contributed by atoms with Crippen LogP contribution in [-0.4, -0.2) is 22.2 Å². The molecule has 0 radical (unpaired) electrons. The second kappa shape index (κ2) is 10.6. The van der Waals surface area contributed by atoms with Crippen LogP contribution in [0, 0.1) is 11.8 Å². The molecule has 2 N–H and O–H groups in total. The SMILES string of the molecule is C=CCC(C(=O)O)[C@@H](CCCCCCCC)C(=O)O. The van der Waals surface area contributed by atoms with Crippen LogP contribution in [-0.2, 0) is 9.59 Å². The number of aliphatic carboxylic acids is 2. The second-order valence-corrected chi connectivity index (χ2v) is 4.97. The lowest BCUT2D eigenvalue weighted by molar-refractivity contribution is -0.154. The standard InChI is InChI=1S/C15H26O4/c1-3-5-6-7-8-9-11-13(15(18)19)12(10-4-2)14(16)17/h4,12-13H,2-3,5-11H2,1H3,(H,16,17)(H,18,19)/t12?,13-/m1/s1. The molecule has 0 aliphatic rings. The molecule has 0 aromatic rings. The molecule has 0 rings (SSSR count). The maximum absolute atomic E-state index is 11.2. The van der Waals surface area contributed by atoms with Crippen molar-refractivity contribution in [2.24, 2.45) is 11.8 Å². The van der Waals surface area contributed by atoms with E-state index in [1.807, 2.05) is 0 Å². The number of hydrogen-bond donors (Lipinski definition) is 2. The molecule has 19 heavy (non-hydrogen) atoms. The minimum atomic E-state index is -1.04. The van der Waals surface area contributed by atoms with Crippen molar-refractivity contribution in [3.8, 4) is 0 Å². The Kier molecular flexibility index (Phi) is 9.85. The molecule has 0 saturated carbocycles. The maximum Gasteiger partial charge on any atom is 0.307 e. The van der Waals surface area contributed by atoms with Crippen molar-refractivity contribution in [3.05, 3.63) is 12.7 Å². The number of unbranched alkanes of at least 4 members (excludes halogenated alkanes) is 5. The summed E-state index contributed by atoms with van der Waals surface area (Å²) < 4.78 is 0. The van der Waals surface area contributed by atoms with Gasteiger partial charge in [-0.25, -0.2) is 0 Å². The lowest BCUT2D eigenvalue weighted by Gasteiger charge is -2.19. The van der Waals surface area contributed by atoms with Crippen molar-refractivity contribution in [3.63, 3.8) is 0 Å². The Labute approximate surface area is 115 Å². The van der Waals surface area contributed by atoms with Crippen LogP contribution < -0.4 is 0 Å². The molecule has 4 nitrogen and oxygen atoms in total. The van der Waals surface area contributed by atoms with Crippen molar-refractivity contribution in [2.75, 3.05) is 0 Å². The van der Waals surface area contributed by atoms with Crippen molar-refractivity contribution in [1.82, 2.24) is 0 Å². The van der Waals surface area contributed by atoms with Crippen LogP contribution in [0.1, 0.15) is 58.3 Å². The van der Waals surface area contributed by atoms with Crippen LogP contribution in [0.3, 0.4) is 0 Å². The first kappa shape index (κ1) is 17.7. The van der Waals surface area contributed by atoms with Crippen LogP contribution >= 0.6 is 0 Å². The summed E-state index contributed by atoms with van der Waals surface area (Å²) in [6, 6.07) is 0. The fraction of sp³-hybridized carbons (Fsp3) is 0.733. The molecule has 4 heteroatoms. The molecule has 0 fully saturated rings. The molecule has 0 saturated heterocycles. The van der Waals surface area contributed by atoms with Gasteiger partial charge in [-0.3, -0.25) is 9.59 Å². The zero-order chi connectivity index (χ0) is 14.7. The van der Waals surface area contributed by atoms with Gasteiger partial charge in [-0.2, -0.15) is 0 Å². The molecule has 2 atom stereocenters. The fourth-order valence-corrected chi connectivity index (χ4v) is 2.26. The molecule has 0 spiro atoms. The summed E-state index contributed by atoms with van der Waals surface area (Å²) in [5, 5.41) is 18.2. The molecule has 110 valence electrons. The third-order valence-electron chi connectivity index (χ3n) is 3.41. The van der Waals surface area contributed by atoms with Crippen molar-refractivity contribution in [2.45, 2.75) is 58.3 Å². The van der Waals surface area contributed by atoms with E-state index in [-0.39, 0.29) is 6.42 Å². The third kappa shape index (κ3) is 7.65. The lowest BCUT2D eigenvalue weighted by atomic mass is 9.85. The quantitative estimate of drug-likeness (QED) is 0.418. The third-order valence-corrected chi connectivity index (χ3v) is 3.41. The van der Waals surface area contributed by atoms with E-state index >= 15 is 0 Å². The van der Waals surface area contributed by atoms with Crippen LogP contribution in [0.2, 0.25) is 0 Å². The van der Waals surface area contributed by atoms with Gasteiger partial charge in [-0.1, -0.05) is 51.5 Å². The molecular formula is C15H26O4. The van der Waals surface area contributed by atoms with E-state index in [9.17, 15) is 9.59 Å². The highest BCUT2D eigenvalue weighted by molar-refractivity contribution is 5.80. The topological polar surface area (TPSA) is 74.6 Å². The molecule has 0 amide bonds. The fourth-order valence-electron chi connectivity index (χ4n) is 2.26. The highest BCUT2D eigenvalue weighted by Crippen LogP contribution is 2.24. The number of carboxylic acids is 2. The normalized spacial score (nSPS) is 13.7. The van der Waals surface area contributed by atoms with E-state index in [1.54, 1.807) is 0 Å². The monoisotopic (exact) mass is 270 g/mol. The van der Waals surface area contributed by atoms with Crippen LogP contribution in [0.4, 0.5) is 0 Å². The Bertz CT molecular complexity index is 286. The number of rotatable bonds is 12. The zero-order valence-electron chi connectivity index (χ0n) is 11.8. The second-order valence-electron chi connectivity index (χ2n) is 4.97. The van der Waals surface area contributed by atoms with Crippen LogP contribution in [0.5, 0.6) is 0 Å². The zero-order valence-corrected chi connectivity index (χ0v) is 11.8. The molecule has 0 aliphatic carbocycles. The molecule has 0 heterocycles. The largest absolute Gasteiger partial charge is 0.481 e. The minimum absolute atomic E-state index is 0.210. The van der Waals surface area contributed by atoms with Crippen molar-refractivity contribution < 1.29 is 19.8 Å². The van der Waals surface area contributed by atoms with Crippen LogP contribution in [0.15, 0.2) is 12.7 Å². The van der Waals surface area contributed by atoms with Gasteiger partial charge < -0.3 is 10.2 Å². The van der Waals surface area contributed by atoms with Crippen molar-refractivity contribution in [1.29, 1.82) is 0 Å². The van der Waals surface area contributed by atoms with Gasteiger partial charge in [0.05, 0.1) is 11.8 Å². The van der Waals surface area contributed by atoms with Gasteiger partial charge in [0, 0.05) is 0 Å². The maximum atomic E-state index is 11.2. The number of allylic oxidation sites excluding steroid dienone is 1. The first-order chi connectivity index (χ1) is 9.04. The molecule has 0 aliphatic heterocycles. The predicted molar refractivity (Wildman–Crippen MR) is 75.1 cm³/mol. The summed E-state index contributed by atoms with van der Waals surface area (Å²) >= 11 is 0. The number of hydrogen-bond acceptors (Lipinski definition) is 2. The van der Waals surface area contributed by atoms with Gasteiger partial charge in [0.15, 0.2) is 0 Å². The van der Waals surface area contributed by atoms with E-state index in [0.717, 1.165) is 19.3 Å². The van der Waals surface area contributed by atoms with E-state index < -0.39 is 23.8 Å². The smallest absolute Gasteiger partial charge is 0.307 e. The number of carboxylic acid groups (broad SMARTS) is 2. The molecular weight excluding hydrogens is 244 g/mol. The Hall–Kier alpha value is -1.32. The summed E-state index contributed by atoms with van der Waals surface area (Å²) in [6.45, 7) is 5.64. The van der Waals surface area contributed by atoms with E-state index in [4.69, 9.17) is 10.2 Å². The van der Waals surface area contributed by atoms with Gasteiger partial charge in [-0.15, -0.1) is 6.58 Å². The number of carbonyl (C=O) groups is 2. The molecule has 1 unspecified atom stereocenters. The molecule has 0 bridgehead atoms. The Balaban J connectivity index is 4.20. The summed E-state index contributed by atoms with van der Waals surface area (Å²) in [5.74, 6) is -3.71. The average Bonchev–Trinajstić information content (AvgIpc) is 2.35. The molecule has 0 aromatic heterocycles. The van der Waals surface area contributed by atoms with Gasteiger partial charge in [0.2, 0.25) is 0 Å². The van der Waals surface area contributed by atoms with Gasteiger partial charge in [0.25, 0.3) is 0 Å². The Morgan fingerprint density at radius 2 is 1.53 bits per heavy atom. The van der Waals surface area contributed by atoms with Gasteiger partial charge in [-0.05, 0) is 12.8 Å². The minimum Gasteiger partial charge on any atom is -0.481 e. The van der Waals surface area contributed by atoms with E-state index in [0.29, 0.717) is 6.42 Å². The van der Waals surface area contributed by atoms with Gasteiger partial charge >= 0.3 is 11.9 Å². The Morgan fingerprint density at radius 3 is 2.00 bits per heavy atom. The van der Waals surface area contributed by atoms with Gasteiger partial charge in [0.1, 0.15) is 0 Å². The Morgan fingerprint density at radius 1 is 1.00 bits per heavy atom. The van der Waals surface area contributed by atoms with E-state index in [2.05, 4.69) is 13.5 Å². The first-order valence-electron chi connectivity index (χ1n) is 7.11.